The quantitative estimate of drug-likeness (QED) is 0.574. The Kier molecular flexibility index (Phi) is 8.68. The van der Waals surface area contributed by atoms with Gasteiger partial charge in [0.2, 0.25) is 5.91 Å². The number of carbonyl (C=O) groups is 3. The van der Waals surface area contributed by atoms with Gasteiger partial charge in [-0.25, -0.2) is 4.79 Å². The minimum Gasteiger partial charge on any atom is -0.352 e. The molecule has 2 aromatic rings. The first kappa shape index (κ1) is 25.3. The van der Waals surface area contributed by atoms with Crippen molar-refractivity contribution < 1.29 is 14.4 Å². The van der Waals surface area contributed by atoms with E-state index in [0.29, 0.717) is 31.5 Å². The SMILES string of the molecule is Cc1ccc(NC(=O)N2CCC([C@H](NC(=O)c3ccccc3)C(=O)N[C@@H](C)C(C)C)CC2)cc1. The lowest BCUT2D eigenvalue weighted by atomic mass is 9.88. The van der Waals surface area contributed by atoms with Gasteiger partial charge in [-0.15, -0.1) is 0 Å². The van der Waals surface area contributed by atoms with Crippen molar-refractivity contribution in [3.63, 3.8) is 0 Å². The molecule has 0 saturated carbocycles. The second kappa shape index (κ2) is 11.7. The molecule has 3 N–H and O–H groups in total. The van der Waals surface area contributed by atoms with Crippen molar-refractivity contribution in [3.8, 4) is 0 Å². The first-order chi connectivity index (χ1) is 16.2. The van der Waals surface area contributed by atoms with Crippen LogP contribution in [0.2, 0.25) is 0 Å². The number of piperidine rings is 1. The number of aryl methyl sites for hydroxylation is 1. The monoisotopic (exact) mass is 464 g/mol. The van der Waals surface area contributed by atoms with Gasteiger partial charge >= 0.3 is 6.03 Å². The predicted molar refractivity (Wildman–Crippen MR) is 135 cm³/mol. The topological polar surface area (TPSA) is 90.5 Å². The summed E-state index contributed by atoms with van der Waals surface area (Å²) in [6.07, 6.45) is 1.26. The van der Waals surface area contributed by atoms with Crippen LogP contribution in [0.15, 0.2) is 54.6 Å². The summed E-state index contributed by atoms with van der Waals surface area (Å²) in [5.74, 6) is -0.220. The number of nitrogens with zero attached hydrogens (tertiary/aromatic N) is 1. The molecule has 0 aliphatic carbocycles. The van der Waals surface area contributed by atoms with Gasteiger partial charge in [-0.1, -0.05) is 49.7 Å². The van der Waals surface area contributed by atoms with Gasteiger partial charge < -0.3 is 20.9 Å². The van der Waals surface area contributed by atoms with Gasteiger partial charge in [0.1, 0.15) is 6.04 Å². The first-order valence-corrected chi connectivity index (χ1v) is 12.0. The molecular weight excluding hydrogens is 428 g/mol. The molecule has 0 aromatic heterocycles. The number of urea groups is 1. The fourth-order valence-electron chi connectivity index (χ4n) is 3.97. The summed E-state index contributed by atoms with van der Waals surface area (Å²) in [6, 6.07) is 15.8. The summed E-state index contributed by atoms with van der Waals surface area (Å²) in [6.45, 7) is 9.11. The molecule has 2 atom stereocenters. The number of amides is 4. The zero-order chi connectivity index (χ0) is 24.7. The van der Waals surface area contributed by atoms with Crippen LogP contribution in [0, 0.1) is 18.8 Å². The van der Waals surface area contributed by atoms with Crippen molar-refractivity contribution in [1.29, 1.82) is 0 Å². The molecule has 4 amide bonds. The third-order valence-corrected chi connectivity index (χ3v) is 6.58. The molecule has 0 unspecified atom stereocenters. The molecule has 1 heterocycles. The Morgan fingerprint density at radius 2 is 1.50 bits per heavy atom. The van der Waals surface area contributed by atoms with Gasteiger partial charge in [0.25, 0.3) is 5.91 Å². The molecule has 3 rings (SSSR count). The highest BCUT2D eigenvalue weighted by Gasteiger charge is 2.34. The van der Waals surface area contributed by atoms with Crippen LogP contribution >= 0.6 is 0 Å². The fraction of sp³-hybridized carbons (Fsp3) is 0.444. The lowest BCUT2D eigenvalue weighted by Gasteiger charge is -2.36. The Morgan fingerprint density at radius 3 is 2.09 bits per heavy atom. The van der Waals surface area contributed by atoms with E-state index in [-0.39, 0.29) is 35.7 Å². The summed E-state index contributed by atoms with van der Waals surface area (Å²) in [5.41, 5.74) is 2.41. The van der Waals surface area contributed by atoms with Crippen LogP contribution in [0.4, 0.5) is 10.5 Å². The van der Waals surface area contributed by atoms with E-state index < -0.39 is 6.04 Å². The van der Waals surface area contributed by atoms with Gasteiger partial charge in [0.15, 0.2) is 0 Å². The lowest BCUT2D eigenvalue weighted by Crippen LogP contribution is -2.55. The fourth-order valence-corrected chi connectivity index (χ4v) is 3.97. The average Bonchev–Trinajstić information content (AvgIpc) is 2.84. The van der Waals surface area contributed by atoms with Crippen LogP contribution in [0.25, 0.3) is 0 Å². The molecular formula is C27H36N4O3. The second-order valence-electron chi connectivity index (χ2n) is 9.48. The van der Waals surface area contributed by atoms with E-state index in [1.807, 2.05) is 58.0 Å². The third kappa shape index (κ3) is 6.83. The van der Waals surface area contributed by atoms with Crippen molar-refractivity contribution in [1.82, 2.24) is 15.5 Å². The molecule has 0 spiro atoms. The second-order valence-corrected chi connectivity index (χ2v) is 9.48. The number of hydrogen-bond donors (Lipinski definition) is 3. The van der Waals surface area contributed by atoms with Gasteiger partial charge in [-0.2, -0.15) is 0 Å². The Morgan fingerprint density at radius 1 is 0.882 bits per heavy atom. The zero-order valence-electron chi connectivity index (χ0n) is 20.5. The van der Waals surface area contributed by atoms with Crippen LogP contribution in [-0.2, 0) is 4.79 Å². The number of carbonyl (C=O) groups excluding carboxylic acids is 3. The van der Waals surface area contributed by atoms with Crippen molar-refractivity contribution in [2.75, 3.05) is 18.4 Å². The van der Waals surface area contributed by atoms with Crippen molar-refractivity contribution in [2.24, 2.45) is 11.8 Å². The first-order valence-electron chi connectivity index (χ1n) is 12.0. The summed E-state index contributed by atoms with van der Waals surface area (Å²) >= 11 is 0. The number of hydrogen-bond acceptors (Lipinski definition) is 3. The van der Waals surface area contributed by atoms with Gasteiger partial charge in [-0.3, -0.25) is 9.59 Å². The summed E-state index contributed by atoms with van der Waals surface area (Å²) in [4.78, 5) is 40.5. The maximum Gasteiger partial charge on any atom is 0.321 e. The minimum atomic E-state index is -0.656. The number of anilines is 1. The Hall–Kier alpha value is -3.35. The Balaban J connectivity index is 1.65. The molecule has 2 aromatic carbocycles. The number of nitrogens with one attached hydrogen (secondary N) is 3. The minimum absolute atomic E-state index is 0.0102. The molecule has 7 heteroatoms. The van der Waals surface area contributed by atoms with Crippen LogP contribution in [-0.4, -0.2) is 47.9 Å². The molecule has 0 radical (unpaired) electrons. The van der Waals surface area contributed by atoms with Gasteiger partial charge in [0.05, 0.1) is 0 Å². The largest absolute Gasteiger partial charge is 0.352 e. The van der Waals surface area contributed by atoms with E-state index in [1.54, 1.807) is 29.2 Å². The maximum atomic E-state index is 13.2. The smallest absolute Gasteiger partial charge is 0.321 e. The summed E-state index contributed by atoms with van der Waals surface area (Å²) in [5, 5.41) is 8.96. The standard InChI is InChI=1S/C27H36N4O3/c1-18(2)20(4)28-26(33)24(30-25(32)22-8-6-5-7-9-22)21-14-16-31(17-15-21)27(34)29-23-12-10-19(3)11-13-23/h5-13,18,20-21,24H,14-17H2,1-4H3,(H,28,33)(H,29,34)(H,30,32)/t20-,24-/m0/s1. The molecule has 182 valence electrons. The molecule has 1 aliphatic heterocycles. The lowest BCUT2D eigenvalue weighted by molar-refractivity contribution is -0.125. The van der Waals surface area contributed by atoms with E-state index in [9.17, 15) is 14.4 Å². The van der Waals surface area contributed by atoms with Crippen LogP contribution in [0.5, 0.6) is 0 Å². The molecule has 1 aliphatic rings. The molecule has 1 saturated heterocycles. The van der Waals surface area contributed by atoms with Crippen LogP contribution < -0.4 is 16.0 Å². The highest BCUT2D eigenvalue weighted by Crippen LogP contribution is 2.23. The van der Waals surface area contributed by atoms with E-state index in [4.69, 9.17) is 0 Å². The summed E-state index contributed by atoms with van der Waals surface area (Å²) < 4.78 is 0. The number of likely N-dealkylation sites (tertiary alicyclic amines) is 1. The number of benzene rings is 2. The van der Waals surface area contributed by atoms with Crippen molar-refractivity contribution >= 4 is 23.5 Å². The van der Waals surface area contributed by atoms with E-state index >= 15 is 0 Å². The summed E-state index contributed by atoms with van der Waals surface area (Å²) in [7, 11) is 0. The maximum absolute atomic E-state index is 13.2. The zero-order valence-corrected chi connectivity index (χ0v) is 20.5. The van der Waals surface area contributed by atoms with Crippen molar-refractivity contribution in [2.45, 2.75) is 52.6 Å². The van der Waals surface area contributed by atoms with E-state index in [1.165, 1.54) is 0 Å². The van der Waals surface area contributed by atoms with Crippen LogP contribution in [0.1, 0.15) is 49.5 Å². The molecule has 0 bridgehead atoms. The highest BCUT2D eigenvalue weighted by atomic mass is 16.2. The Bertz CT molecular complexity index is 967. The predicted octanol–water partition coefficient (Wildman–Crippen LogP) is 4.20. The van der Waals surface area contributed by atoms with Crippen LogP contribution in [0.3, 0.4) is 0 Å². The molecule has 34 heavy (non-hydrogen) atoms. The molecule has 1 fully saturated rings. The molecule has 7 nitrogen and oxygen atoms in total. The average molecular weight is 465 g/mol. The van der Waals surface area contributed by atoms with E-state index in [2.05, 4.69) is 16.0 Å². The highest BCUT2D eigenvalue weighted by molar-refractivity contribution is 5.97. The van der Waals surface area contributed by atoms with Gasteiger partial charge in [0, 0.05) is 30.4 Å². The van der Waals surface area contributed by atoms with Gasteiger partial charge in [-0.05, 0) is 62.8 Å². The Labute approximate surface area is 202 Å². The third-order valence-electron chi connectivity index (χ3n) is 6.58. The van der Waals surface area contributed by atoms with E-state index in [0.717, 1.165) is 11.3 Å². The normalized spacial score (nSPS) is 16.0. The van der Waals surface area contributed by atoms with Crippen molar-refractivity contribution in [3.05, 3.63) is 65.7 Å². The number of rotatable bonds is 7.